The second kappa shape index (κ2) is 4.42. The van der Waals surface area contributed by atoms with Crippen LogP contribution in [0.2, 0.25) is 0 Å². The molecule has 0 aliphatic heterocycles. The minimum Gasteiger partial charge on any atom is -0.108 e. The summed E-state index contributed by atoms with van der Waals surface area (Å²) in [6.07, 6.45) is 2.19. The van der Waals surface area contributed by atoms with Gasteiger partial charge in [0.15, 0.2) is 0 Å². The maximum atomic E-state index is 6.18. The third kappa shape index (κ3) is 1.85. The molecule has 2 aromatic carbocycles. The molecule has 0 saturated heterocycles. The zero-order valence-electron chi connectivity index (χ0n) is 10.7. The lowest BCUT2D eigenvalue weighted by molar-refractivity contribution is 0.856. The maximum absolute atomic E-state index is 6.18. The topological polar surface area (TPSA) is 0 Å². The average Bonchev–Trinajstić information content (AvgIpc) is 3.26. The van der Waals surface area contributed by atoms with Crippen LogP contribution < -0.4 is 0 Å². The van der Waals surface area contributed by atoms with Crippen molar-refractivity contribution in [1.82, 2.24) is 0 Å². The van der Waals surface area contributed by atoms with Crippen LogP contribution in [0.4, 0.5) is 0 Å². The molecule has 0 N–H and O–H groups in total. The molecular weight excluding hydrogens is 252 g/mol. The van der Waals surface area contributed by atoms with Crippen LogP contribution in [0.1, 0.15) is 18.4 Å². The first-order chi connectivity index (χ1) is 9.19. The highest BCUT2D eigenvalue weighted by Gasteiger charge is 2.48. The molecule has 0 amide bonds. The quantitative estimate of drug-likeness (QED) is 0.520. The number of rotatable bonds is 3. The van der Waals surface area contributed by atoms with E-state index in [4.69, 9.17) is 11.6 Å². The number of allylic oxidation sites excluding steroid dienone is 2. The van der Waals surface area contributed by atoms with Crippen molar-refractivity contribution in [1.29, 1.82) is 0 Å². The molecule has 0 nitrogen and oxygen atoms in total. The summed E-state index contributed by atoms with van der Waals surface area (Å²) in [5.74, 6) is 0. The van der Waals surface area contributed by atoms with Crippen molar-refractivity contribution >= 4 is 22.4 Å². The van der Waals surface area contributed by atoms with Crippen LogP contribution in [0, 0.1) is 0 Å². The second-order valence-corrected chi connectivity index (χ2v) is 5.46. The molecule has 1 aliphatic rings. The first-order valence-corrected chi connectivity index (χ1v) is 6.80. The predicted molar refractivity (Wildman–Crippen MR) is 82.5 cm³/mol. The summed E-state index contributed by atoms with van der Waals surface area (Å²) in [6.45, 7) is 7.80. The molecule has 1 heteroatoms. The van der Waals surface area contributed by atoms with E-state index in [-0.39, 0.29) is 5.41 Å². The second-order valence-electron chi connectivity index (χ2n) is 5.08. The van der Waals surface area contributed by atoms with E-state index in [0.717, 1.165) is 18.4 Å². The van der Waals surface area contributed by atoms with Gasteiger partial charge in [-0.1, -0.05) is 67.2 Å². The summed E-state index contributed by atoms with van der Waals surface area (Å²) < 4.78 is 0. The summed E-state index contributed by atoms with van der Waals surface area (Å²) >= 11 is 6.18. The third-order valence-electron chi connectivity index (χ3n) is 4.05. The number of hydrogen-bond donors (Lipinski definition) is 0. The monoisotopic (exact) mass is 266 g/mol. The van der Waals surface area contributed by atoms with E-state index in [1.54, 1.807) is 0 Å². The molecule has 0 radical (unpaired) electrons. The van der Waals surface area contributed by atoms with Gasteiger partial charge in [-0.05, 0) is 34.8 Å². The van der Waals surface area contributed by atoms with E-state index in [1.807, 2.05) is 0 Å². The smallest absolute Gasteiger partial charge is 0.0853 e. The zero-order chi connectivity index (χ0) is 13.5. The fraction of sp³-hybridized carbons (Fsp3) is 0.167. The Bertz CT molecular complexity index is 708. The fourth-order valence-corrected chi connectivity index (χ4v) is 3.00. The average molecular weight is 267 g/mol. The highest BCUT2D eigenvalue weighted by molar-refractivity contribution is 6.32. The molecule has 0 atom stereocenters. The normalized spacial score (nSPS) is 15.8. The van der Waals surface area contributed by atoms with Gasteiger partial charge < -0.3 is 0 Å². The van der Waals surface area contributed by atoms with Crippen molar-refractivity contribution in [2.45, 2.75) is 18.3 Å². The summed E-state index contributed by atoms with van der Waals surface area (Å²) in [4.78, 5) is 0. The van der Waals surface area contributed by atoms with E-state index in [2.05, 4.69) is 61.4 Å². The third-order valence-corrected chi connectivity index (χ3v) is 4.41. The number of fused-ring (bicyclic) bond motifs is 1. The Morgan fingerprint density at radius 3 is 2.47 bits per heavy atom. The van der Waals surface area contributed by atoms with Crippen LogP contribution >= 0.6 is 11.6 Å². The standard InChI is InChI=1S/C18H15Cl/c1-3-17(19)13(2)18(11-12-18)16-10-6-8-14-7-4-5-9-15(14)16/h4-10H,1-2,11-12H2. The van der Waals surface area contributed by atoms with E-state index >= 15 is 0 Å². The molecule has 1 aliphatic carbocycles. The van der Waals surface area contributed by atoms with Gasteiger partial charge >= 0.3 is 0 Å². The SMILES string of the molecule is C=C=C(Cl)C(=C)C1(c2cccc3ccccc23)CC1. The summed E-state index contributed by atoms with van der Waals surface area (Å²) in [6, 6.07) is 14.9. The van der Waals surface area contributed by atoms with Crippen LogP contribution in [0.3, 0.4) is 0 Å². The van der Waals surface area contributed by atoms with Gasteiger partial charge in [-0.15, -0.1) is 5.73 Å². The van der Waals surface area contributed by atoms with Gasteiger partial charge in [0.2, 0.25) is 0 Å². The Hall–Kier alpha value is -1.75. The maximum Gasteiger partial charge on any atom is 0.0853 e. The molecule has 0 aromatic heterocycles. The summed E-state index contributed by atoms with van der Waals surface area (Å²) in [5.41, 5.74) is 5.02. The lowest BCUT2D eigenvalue weighted by Crippen LogP contribution is -2.10. The fourth-order valence-electron chi connectivity index (χ4n) is 2.82. The predicted octanol–water partition coefficient (Wildman–Crippen LogP) is 5.34. The van der Waals surface area contributed by atoms with Crippen molar-refractivity contribution in [2.75, 3.05) is 0 Å². The Kier molecular flexibility index (Phi) is 2.86. The Morgan fingerprint density at radius 2 is 1.79 bits per heavy atom. The van der Waals surface area contributed by atoms with Crippen LogP contribution in [0.25, 0.3) is 10.8 Å². The lowest BCUT2D eigenvalue weighted by Gasteiger charge is -2.20. The largest absolute Gasteiger partial charge is 0.108 e. The molecule has 19 heavy (non-hydrogen) atoms. The summed E-state index contributed by atoms with van der Waals surface area (Å²) in [7, 11) is 0. The zero-order valence-corrected chi connectivity index (χ0v) is 11.5. The van der Waals surface area contributed by atoms with Crippen LogP contribution in [-0.2, 0) is 5.41 Å². The molecule has 1 saturated carbocycles. The van der Waals surface area contributed by atoms with E-state index in [1.165, 1.54) is 16.3 Å². The molecule has 3 rings (SSSR count). The van der Waals surface area contributed by atoms with E-state index in [0.29, 0.717) is 5.03 Å². The van der Waals surface area contributed by atoms with Crippen LogP contribution in [0.15, 0.2) is 72.0 Å². The van der Waals surface area contributed by atoms with Gasteiger partial charge in [-0.2, -0.15) is 0 Å². The van der Waals surface area contributed by atoms with Gasteiger partial charge in [0, 0.05) is 5.41 Å². The highest BCUT2D eigenvalue weighted by atomic mass is 35.5. The Labute approximate surface area is 118 Å². The summed E-state index contributed by atoms with van der Waals surface area (Å²) in [5, 5.41) is 3.11. The van der Waals surface area contributed by atoms with Crippen molar-refractivity contribution in [2.24, 2.45) is 0 Å². The minimum atomic E-state index is -0.0113. The minimum absolute atomic E-state index is 0.0113. The molecular formula is C18H15Cl. The first-order valence-electron chi connectivity index (χ1n) is 6.42. The first kappa shape index (κ1) is 12.3. The number of benzene rings is 2. The van der Waals surface area contributed by atoms with Crippen molar-refractivity contribution < 1.29 is 0 Å². The van der Waals surface area contributed by atoms with Gasteiger partial charge in [0.25, 0.3) is 0 Å². The molecule has 2 aromatic rings. The molecule has 0 spiro atoms. The number of halogens is 1. The Balaban J connectivity index is 2.20. The van der Waals surface area contributed by atoms with Gasteiger partial charge in [-0.25, -0.2) is 0 Å². The molecule has 94 valence electrons. The molecule has 0 unspecified atom stereocenters. The molecule has 1 fully saturated rings. The van der Waals surface area contributed by atoms with Crippen LogP contribution in [-0.4, -0.2) is 0 Å². The Morgan fingerprint density at radius 1 is 1.11 bits per heavy atom. The van der Waals surface area contributed by atoms with E-state index in [9.17, 15) is 0 Å². The molecule has 0 heterocycles. The van der Waals surface area contributed by atoms with Gasteiger partial charge in [0.05, 0.1) is 5.03 Å². The van der Waals surface area contributed by atoms with Crippen molar-refractivity contribution in [3.63, 3.8) is 0 Å². The highest BCUT2D eigenvalue weighted by Crippen LogP contribution is 2.57. The number of hydrogen-bond acceptors (Lipinski definition) is 0. The lowest BCUT2D eigenvalue weighted by atomic mass is 9.85. The van der Waals surface area contributed by atoms with E-state index < -0.39 is 0 Å². The molecule has 0 bridgehead atoms. The van der Waals surface area contributed by atoms with Crippen LogP contribution in [0.5, 0.6) is 0 Å². The van der Waals surface area contributed by atoms with Gasteiger partial charge in [-0.3, -0.25) is 0 Å². The van der Waals surface area contributed by atoms with Crippen molar-refractivity contribution in [3.8, 4) is 0 Å². The van der Waals surface area contributed by atoms with Crippen molar-refractivity contribution in [3.05, 3.63) is 77.5 Å². The van der Waals surface area contributed by atoms with Gasteiger partial charge in [0.1, 0.15) is 0 Å².